The van der Waals surface area contributed by atoms with Crippen molar-refractivity contribution >= 4 is 11.9 Å². The number of esters is 2. The third-order valence-corrected chi connectivity index (χ3v) is 9.68. The molecule has 0 unspecified atom stereocenters. The molecule has 0 saturated carbocycles. The van der Waals surface area contributed by atoms with Crippen LogP contribution in [0.5, 0.6) is 0 Å². The van der Waals surface area contributed by atoms with E-state index in [-0.39, 0.29) is 25.2 Å². The van der Waals surface area contributed by atoms with Crippen LogP contribution in [-0.2, 0) is 52.2 Å². The summed E-state index contributed by atoms with van der Waals surface area (Å²) in [6.45, 7) is 11.6. The molecule has 11 heteroatoms. The number of carbonyl (C=O) groups is 2. The van der Waals surface area contributed by atoms with Crippen molar-refractivity contribution in [1.82, 2.24) is 0 Å². The van der Waals surface area contributed by atoms with Crippen LogP contribution in [-0.4, -0.2) is 118 Å². The Morgan fingerprint density at radius 3 is 0.632 bits per heavy atom. The molecule has 11 nitrogen and oxygen atoms in total. The van der Waals surface area contributed by atoms with Crippen LogP contribution in [0.25, 0.3) is 0 Å². The first-order valence-corrected chi connectivity index (χ1v) is 23.6. The summed E-state index contributed by atoms with van der Waals surface area (Å²) in [6.07, 6.45) is 31.8. The van der Waals surface area contributed by atoms with E-state index in [2.05, 4.69) is 13.8 Å². The van der Waals surface area contributed by atoms with E-state index >= 15 is 0 Å². The van der Waals surface area contributed by atoms with Gasteiger partial charge in [-0.2, -0.15) is 0 Å². The molecule has 0 atom stereocenters. The van der Waals surface area contributed by atoms with Crippen LogP contribution >= 0.6 is 0 Å². The lowest BCUT2D eigenvalue weighted by molar-refractivity contribution is -0.146. The normalized spacial score (nSPS) is 11.4. The van der Waals surface area contributed by atoms with Crippen LogP contribution in [0.4, 0.5) is 0 Å². The summed E-state index contributed by atoms with van der Waals surface area (Å²) in [5.41, 5.74) is 0. The Bertz CT molecular complexity index is 785. The van der Waals surface area contributed by atoms with E-state index in [1.54, 1.807) is 0 Å². The minimum Gasteiger partial charge on any atom is -0.463 e. The van der Waals surface area contributed by atoms with Gasteiger partial charge < -0.3 is 42.6 Å². The first-order valence-electron chi connectivity index (χ1n) is 23.6. The summed E-state index contributed by atoms with van der Waals surface area (Å²) in [5.74, 6) is -0.267. The van der Waals surface area contributed by atoms with E-state index in [4.69, 9.17) is 42.6 Å². The van der Waals surface area contributed by atoms with Crippen LogP contribution in [0.1, 0.15) is 181 Å². The second-order valence-corrected chi connectivity index (χ2v) is 15.0. The van der Waals surface area contributed by atoms with Crippen LogP contribution < -0.4 is 0 Å². The fraction of sp³-hybridized carbons (Fsp3) is 0.957. The summed E-state index contributed by atoms with van der Waals surface area (Å²) >= 11 is 0. The van der Waals surface area contributed by atoms with Crippen LogP contribution in [0.2, 0.25) is 0 Å². The Morgan fingerprint density at radius 2 is 0.421 bits per heavy atom. The summed E-state index contributed by atoms with van der Waals surface area (Å²) in [6, 6.07) is 0. The van der Waals surface area contributed by atoms with Crippen LogP contribution in [0.3, 0.4) is 0 Å². The van der Waals surface area contributed by atoms with Crippen molar-refractivity contribution < 1.29 is 52.2 Å². The predicted molar refractivity (Wildman–Crippen MR) is 229 cm³/mol. The molecule has 0 aromatic heterocycles. The summed E-state index contributed by atoms with van der Waals surface area (Å²) in [5, 5.41) is 0. The van der Waals surface area contributed by atoms with Gasteiger partial charge in [0, 0.05) is 12.8 Å². The zero-order valence-corrected chi connectivity index (χ0v) is 37.2. The fourth-order valence-electron chi connectivity index (χ4n) is 6.22. The number of hydrogen-bond acceptors (Lipinski definition) is 11. The third kappa shape index (κ3) is 50.7. The van der Waals surface area contributed by atoms with E-state index in [1.165, 1.54) is 128 Å². The first kappa shape index (κ1) is 55.7. The van der Waals surface area contributed by atoms with Gasteiger partial charge >= 0.3 is 11.9 Å². The van der Waals surface area contributed by atoms with Crippen molar-refractivity contribution in [3.8, 4) is 0 Å². The molecule has 57 heavy (non-hydrogen) atoms. The first-order chi connectivity index (χ1) is 28.2. The SMILES string of the molecule is CCCCCCCCCCCCCCCCCC(=O)OCCOCCOCCOCCOCCOCCOCCOCCOC(=O)CCCCCCCCCCC. The van der Waals surface area contributed by atoms with E-state index in [0.717, 1.165) is 25.7 Å². The lowest BCUT2D eigenvalue weighted by Gasteiger charge is -2.09. The maximum Gasteiger partial charge on any atom is 0.305 e. The van der Waals surface area contributed by atoms with Gasteiger partial charge in [0.1, 0.15) is 13.2 Å². The van der Waals surface area contributed by atoms with Gasteiger partial charge in [-0.25, -0.2) is 0 Å². The maximum atomic E-state index is 11.9. The summed E-state index contributed by atoms with van der Waals surface area (Å²) < 4.78 is 49.0. The lowest BCUT2D eigenvalue weighted by atomic mass is 10.0. The van der Waals surface area contributed by atoms with Gasteiger partial charge in [0.15, 0.2) is 0 Å². The molecule has 0 bridgehead atoms. The number of carbonyl (C=O) groups excluding carboxylic acids is 2. The van der Waals surface area contributed by atoms with Crippen molar-refractivity contribution in [2.75, 3.05) is 106 Å². The van der Waals surface area contributed by atoms with E-state index in [0.29, 0.717) is 105 Å². The Morgan fingerprint density at radius 1 is 0.246 bits per heavy atom. The zero-order valence-electron chi connectivity index (χ0n) is 37.2. The van der Waals surface area contributed by atoms with Crippen molar-refractivity contribution in [2.24, 2.45) is 0 Å². The molecule has 0 saturated heterocycles. The average Bonchev–Trinajstić information content (AvgIpc) is 3.21. The largest absolute Gasteiger partial charge is 0.463 e. The van der Waals surface area contributed by atoms with Crippen molar-refractivity contribution in [1.29, 1.82) is 0 Å². The van der Waals surface area contributed by atoms with Crippen molar-refractivity contribution in [3.63, 3.8) is 0 Å². The molecule has 0 aromatic rings. The maximum absolute atomic E-state index is 11.9. The monoisotopic (exact) mass is 819 g/mol. The van der Waals surface area contributed by atoms with Gasteiger partial charge in [-0.3, -0.25) is 9.59 Å². The molecule has 0 aromatic carbocycles. The lowest BCUT2D eigenvalue weighted by Crippen LogP contribution is -2.15. The molecule has 0 amide bonds. The van der Waals surface area contributed by atoms with Gasteiger partial charge in [0.05, 0.1) is 92.5 Å². The van der Waals surface area contributed by atoms with Crippen LogP contribution in [0.15, 0.2) is 0 Å². The molecular weight excluding hydrogens is 728 g/mol. The van der Waals surface area contributed by atoms with Crippen molar-refractivity contribution in [2.45, 2.75) is 181 Å². The quantitative estimate of drug-likeness (QED) is 0.0431. The Hall–Kier alpha value is -1.34. The van der Waals surface area contributed by atoms with Gasteiger partial charge in [0.2, 0.25) is 0 Å². The molecule has 0 spiro atoms. The second kappa shape index (κ2) is 50.8. The highest BCUT2D eigenvalue weighted by atomic mass is 16.6. The molecule has 0 aliphatic heterocycles. The highest BCUT2D eigenvalue weighted by Crippen LogP contribution is 2.14. The minimum absolute atomic E-state index is 0.131. The molecule has 0 heterocycles. The number of unbranched alkanes of at least 4 members (excludes halogenated alkanes) is 22. The zero-order chi connectivity index (χ0) is 41.2. The Kier molecular flexibility index (Phi) is 49.6. The van der Waals surface area contributed by atoms with Crippen molar-refractivity contribution in [3.05, 3.63) is 0 Å². The summed E-state index contributed by atoms with van der Waals surface area (Å²) in [7, 11) is 0. The predicted octanol–water partition coefficient (Wildman–Crippen LogP) is 10.4. The second-order valence-electron chi connectivity index (χ2n) is 15.0. The van der Waals surface area contributed by atoms with E-state index < -0.39 is 0 Å². The summed E-state index contributed by atoms with van der Waals surface area (Å²) in [4.78, 5) is 23.7. The molecule has 0 fully saturated rings. The van der Waals surface area contributed by atoms with Gasteiger partial charge in [-0.05, 0) is 12.8 Å². The molecule has 0 aliphatic carbocycles. The number of rotatable bonds is 50. The minimum atomic E-state index is -0.136. The molecular formula is C46H90O11. The fourth-order valence-corrected chi connectivity index (χ4v) is 6.22. The molecule has 0 rings (SSSR count). The number of hydrogen-bond donors (Lipinski definition) is 0. The van der Waals surface area contributed by atoms with Crippen LogP contribution in [0, 0.1) is 0 Å². The average molecular weight is 819 g/mol. The molecule has 0 aliphatic rings. The smallest absolute Gasteiger partial charge is 0.305 e. The topological polar surface area (TPSA) is 117 Å². The van der Waals surface area contributed by atoms with Gasteiger partial charge in [0.25, 0.3) is 0 Å². The van der Waals surface area contributed by atoms with Gasteiger partial charge in [-0.1, -0.05) is 155 Å². The molecule has 340 valence electrons. The Labute approximate surface area is 350 Å². The molecule has 0 N–H and O–H groups in total. The third-order valence-electron chi connectivity index (χ3n) is 9.68. The Balaban J connectivity index is 3.17. The highest BCUT2D eigenvalue weighted by Gasteiger charge is 2.04. The number of ether oxygens (including phenoxy) is 9. The van der Waals surface area contributed by atoms with Gasteiger partial charge in [-0.15, -0.1) is 0 Å². The highest BCUT2D eigenvalue weighted by molar-refractivity contribution is 5.69. The van der Waals surface area contributed by atoms with E-state index in [1.807, 2.05) is 0 Å². The standard InChI is InChI=1S/C46H90O11/c1-3-5-7-9-11-13-14-15-16-17-18-20-22-24-26-28-46(48)57-44-42-55-40-38-53-36-34-51-32-30-49-29-31-50-33-35-52-37-39-54-41-43-56-45(47)27-25-23-21-19-12-10-8-6-4-2/h3-44H2,1-2H3. The molecule has 0 radical (unpaired) electrons. The van der Waals surface area contributed by atoms with E-state index in [9.17, 15) is 9.59 Å².